The summed E-state index contributed by atoms with van der Waals surface area (Å²) < 4.78 is 0. The van der Waals surface area contributed by atoms with Gasteiger partial charge in [0.1, 0.15) is 5.69 Å². The number of hydrogen-bond acceptors (Lipinski definition) is 4. The van der Waals surface area contributed by atoms with E-state index >= 15 is 0 Å². The number of hydrogen-bond donors (Lipinski definition) is 3. The second kappa shape index (κ2) is 5.82. The Labute approximate surface area is 106 Å². The molecule has 1 aliphatic rings. The van der Waals surface area contributed by atoms with Crippen molar-refractivity contribution in [1.82, 2.24) is 4.98 Å². The van der Waals surface area contributed by atoms with Gasteiger partial charge in [-0.1, -0.05) is 0 Å². The van der Waals surface area contributed by atoms with E-state index in [1.54, 1.807) is 12.3 Å². The molecule has 0 radical (unpaired) electrons. The summed E-state index contributed by atoms with van der Waals surface area (Å²) >= 11 is 0. The average molecular weight is 250 g/mol. The van der Waals surface area contributed by atoms with Crippen LogP contribution < -0.4 is 5.32 Å². The monoisotopic (exact) mass is 250 g/mol. The van der Waals surface area contributed by atoms with Crippen molar-refractivity contribution in [2.75, 3.05) is 11.9 Å². The van der Waals surface area contributed by atoms with Crippen LogP contribution in [0.3, 0.4) is 0 Å². The molecule has 0 aromatic carbocycles. The summed E-state index contributed by atoms with van der Waals surface area (Å²) in [5, 5.41) is 21.4. The van der Waals surface area contributed by atoms with Gasteiger partial charge >= 0.3 is 5.97 Å². The minimum atomic E-state index is -1.01. The highest BCUT2D eigenvalue weighted by Gasteiger charge is 2.18. The Kier molecular flexibility index (Phi) is 4.15. The van der Waals surface area contributed by atoms with Gasteiger partial charge in [-0.05, 0) is 43.7 Å². The average Bonchev–Trinajstić information content (AvgIpc) is 2.38. The molecule has 0 atom stereocenters. The topological polar surface area (TPSA) is 82.5 Å². The van der Waals surface area contributed by atoms with Crippen molar-refractivity contribution in [2.24, 2.45) is 5.92 Å². The number of nitrogens with zero attached hydrogens (tertiary/aromatic N) is 1. The highest BCUT2D eigenvalue weighted by molar-refractivity contribution is 5.85. The van der Waals surface area contributed by atoms with Gasteiger partial charge in [0.05, 0.1) is 18.0 Å². The predicted octanol–water partition coefficient (Wildman–Crippen LogP) is 1.74. The normalized spacial score (nSPS) is 23.6. The summed E-state index contributed by atoms with van der Waals surface area (Å²) in [6.07, 6.45) is 5.24. The first kappa shape index (κ1) is 12.8. The van der Waals surface area contributed by atoms with Crippen LogP contribution in [0.2, 0.25) is 0 Å². The quantitative estimate of drug-likeness (QED) is 0.758. The van der Waals surface area contributed by atoms with Crippen LogP contribution in [0.15, 0.2) is 18.3 Å². The van der Waals surface area contributed by atoms with E-state index in [9.17, 15) is 9.90 Å². The molecule has 0 amide bonds. The zero-order chi connectivity index (χ0) is 13.0. The molecule has 1 aromatic rings. The molecule has 1 heterocycles. The predicted molar refractivity (Wildman–Crippen MR) is 67.7 cm³/mol. The van der Waals surface area contributed by atoms with E-state index in [0.717, 1.165) is 37.9 Å². The van der Waals surface area contributed by atoms with E-state index in [1.807, 2.05) is 0 Å². The molecule has 0 saturated heterocycles. The van der Waals surface area contributed by atoms with Crippen molar-refractivity contribution < 1.29 is 15.0 Å². The molecule has 2 rings (SSSR count). The first-order valence-corrected chi connectivity index (χ1v) is 6.26. The number of aliphatic hydroxyl groups is 1. The third-order valence-electron chi connectivity index (χ3n) is 3.39. The van der Waals surface area contributed by atoms with Crippen LogP contribution in [0, 0.1) is 5.92 Å². The first-order chi connectivity index (χ1) is 8.65. The van der Waals surface area contributed by atoms with Crippen LogP contribution in [0.5, 0.6) is 0 Å². The molecule has 0 aliphatic heterocycles. The molecule has 1 aliphatic carbocycles. The second-order valence-corrected chi connectivity index (χ2v) is 4.79. The first-order valence-electron chi connectivity index (χ1n) is 6.26. The van der Waals surface area contributed by atoms with Crippen molar-refractivity contribution in [3.8, 4) is 0 Å². The van der Waals surface area contributed by atoms with Crippen molar-refractivity contribution >= 4 is 11.7 Å². The Morgan fingerprint density at radius 1 is 1.33 bits per heavy atom. The largest absolute Gasteiger partial charge is 0.477 e. The van der Waals surface area contributed by atoms with Crippen LogP contribution in [0.1, 0.15) is 36.2 Å². The van der Waals surface area contributed by atoms with Gasteiger partial charge in [0, 0.05) is 6.54 Å². The summed E-state index contributed by atoms with van der Waals surface area (Å²) in [6, 6.07) is 3.23. The number of pyridine rings is 1. The zero-order valence-corrected chi connectivity index (χ0v) is 10.2. The second-order valence-electron chi connectivity index (χ2n) is 4.79. The van der Waals surface area contributed by atoms with Crippen molar-refractivity contribution in [3.05, 3.63) is 24.0 Å². The zero-order valence-electron chi connectivity index (χ0n) is 10.2. The molecule has 5 heteroatoms. The van der Waals surface area contributed by atoms with Crippen LogP contribution >= 0.6 is 0 Å². The van der Waals surface area contributed by atoms with E-state index in [2.05, 4.69) is 10.3 Å². The highest BCUT2D eigenvalue weighted by Crippen LogP contribution is 2.24. The Morgan fingerprint density at radius 3 is 2.61 bits per heavy atom. The molecule has 98 valence electrons. The molecule has 1 saturated carbocycles. The van der Waals surface area contributed by atoms with Gasteiger partial charge in [0.15, 0.2) is 0 Å². The van der Waals surface area contributed by atoms with Crippen molar-refractivity contribution in [1.29, 1.82) is 0 Å². The standard InChI is InChI=1S/C13H18N2O3/c16-11-4-1-9(2-5-11)7-14-10-3-6-12(13(17)18)15-8-10/h3,6,8-9,11,14,16H,1-2,4-5,7H2,(H,17,18). The Bertz CT molecular complexity index is 397. The van der Waals surface area contributed by atoms with E-state index < -0.39 is 5.97 Å². The van der Waals surface area contributed by atoms with E-state index in [1.165, 1.54) is 6.07 Å². The van der Waals surface area contributed by atoms with Gasteiger partial charge in [-0.2, -0.15) is 0 Å². The van der Waals surface area contributed by atoms with Crippen molar-refractivity contribution in [3.63, 3.8) is 0 Å². The molecule has 5 nitrogen and oxygen atoms in total. The molecule has 3 N–H and O–H groups in total. The number of carboxylic acid groups (broad SMARTS) is 1. The lowest BCUT2D eigenvalue weighted by molar-refractivity contribution is 0.0690. The fourth-order valence-electron chi connectivity index (χ4n) is 2.24. The van der Waals surface area contributed by atoms with Gasteiger partial charge < -0.3 is 15.5 Å². The summed E-state index contributed by atoms with van der Waals surface area (Å²) in [5.74, 6) is -0.435. The minimum Gasteiger partial charge on any atom is -0.477 e. The van der Waals surface area contributed by atoms with Crippen LogP contribution in [-0.4, -0.2) is 33.8 Å². The lowest BCUT2D eigenvalue weighted by Crippen LogP contribution is -2.23. The molecule has 1 fully saturated rings. The van der Waals surface area contributed by atoms with Gasteiger partial charge in [0.2, 0.25) is 0 Å². The number of carbonyl (C=O) groups is 1. The van der Waals surface area contributed by atoms with Gasteiger partial charge in [-0.3, -0.25) is 0 Å². The highest BCUT2D eigenvalue weighted by atomic mass is 16.4. The lowest BCUT2D eigenvalue weighted by atomic mass is 9.87. The number of anilines is 1. The summed E-state index contributed by atoms with van der Waals surface area (Å²) in [5.41, 5.74) is 0.896. The molecule has 0 bridgehead atoms. The summed E-state index contributed by atoms with van der Waals surface area (Å²) in [7, 11) is 0. The third kappa shape index (κ3) is 3.43. The number of rotatable bonds is 4. The van der Waals surface area contributed by atoms with E-state index in [4.69, 9.17) is 5.11 Å². The van der Waals surface area contributed by atoms with Crippen LogP contribution in [0.4, 0.5) is 5.69 Å². The molecule has 0 unspecified atom stereocenters. The molecular weight excluding hydrogens is 232 g/mol. The fraction of sp³-hybridized carbons (Fsp3) is 0.538. The molecular formula is C13H18N2O3. The Morgan fingerprint density at radius 2 is 2.06 bits per heavy atom. The smallest absolute Gasteiger partial charge is 0.354 e. The van der Waals surface area contributed by atoms with Gasteiger partial charge in [-0.15, -0.1) is 0 Å². The van der Waals surface area contributed by atoms with Crippen LogP contribution in [0.25, 0.3) is 0 Å². The molecule has 18 heavy (non-hydrogen) atoms. The van der Waals surface area contributed by atoms with Gasteiger partial charge in [0.25, 0.3) is 0 Å². The SMILES string of the molecule is O=C(O)c1ccc(NCC2CCC(O)CC2)cn1. The van der Waals surface area contributed by atoms with Gasteiger partial charge in [-0.25, -0.2) is 9.78 Å². The number of aliphatic hydroxyl groups excluding tert-OH is 1. The third-order valence-corrected chi connectivity index (χ3v) is 3.39. The number of aromatic nitrogens is 1. The van der Waals surface area contributed by atoms with Crippen LogP contribution in [-0.2, 0) is 0 Å². The lowest BCUT2D eigenvalue weighted by Gasteiger charge is -2.25. The number of carboxylic acids is 1. The maximum Gasteiger partial charge on any atom is 0.354 e. The van der Waals surface area contributed by atoms with E-state index in [-0.39, 0.29) is 11.8 Å². The Balaban J connectivity index is 1.81. The summed E-state index contributed by atoms with van der Waals surface area (Å²) in [6.45, 7) is 0.848. The number of aromatic carboxylic acids is 1. The fourth-order valence-corrected chi connectivity index (χ4v) is 2.24. The molecule has 1 aromatic heterocycles. The molecule has 0 spiro atoms. The summed E-state index contributed by atoms with van der Waals surface area (Å²) in [4.78, 5) is 14.5. The van der Waals surface area contributed by atoms with E-state index in [0.29, 0.717) is 5.92 Å². The van der Waals surface area contributed by atoms with Crippen molar-refractivity contribution in [2.45, 2.75) is 31.8 Å². The Hall–Kier alpha value is -1.62. The minimum absolute atomic E-state index is 0.0568. The number of nitrogens with one attached hydrogen (secondary N) is 1. The maximum absolute atomic E-state index is 10.6. The maximum atomic E-state index is 10.6.